The molecule has 1 atom stereocenters. The number of amides is 1. The van der Waals surface area contributed by atoms with E-state index in [0.717, 1.165) is 6.42 Å². The Morgan fingerprint density at radius 1 is 1.20 bits per heavy atom. The lowest BCUT2D eigenvalue weighted by molar-refractivity contribution is -0.153. The third kappa shape index (κ3) is 4.87. The molecule has 0 spiro atoms. The minimum Gasteiger partial charge on any atom is -0.486 e. The molecule has 1 aliphatic heterocycles. The van der Waals surface area contributed by atoms with E-state index in [1.165, 1.54) is 25.7 Å². The first-order valence-electron chi connectivity index (χ1n) is 9.02. The van der Waals surface area contributed by atoms with Gasteiger partial charge < -0.3 is 19.5 Å². The highest BCUT2D eigenvalue weighted by atomic mass is 16.6. The fraction of sp³-hybridized carbons (Fsp3) is 0.579. The van der Waals surface area contributed by atoms with Gasteiger partial charge in [0.2, 0.25) is 0 Å². The summed E-state index contributed by atoms with van der Waals surface area (Å²) in [6.07, 6.45) is 5.33. The molecule has 0 aromatic heterocycles. The summed E-state index contributed by atoms with van der Waals surface area (Å²) in [6.45, 7) is 2.59. The van der Waals surface area contributed by atoms with Crippen LogP contribution >= 0.6 is 0 Å². The maximum absolute atomic E-state index is 12.2. The first kappa shape index (κ1) is 17.6. The lowest BCUT2D eigenvalue weighted by Gasteiger charge is -2.19. The van der Waals surface area contributed by atoms with Crippen molar-refractivity contribution >= 4 is 17.6 Å². The summed E-state index contributed by atoms with van der Waals surface area (Å²) in [6, 6.07) is 5.20. The molecule has 25 heavy (non-hydrogen) atoms. The van der Waals surface area contributed by atoms with Crippen LogP contribution in [0.5, 0.6) is 11.5 Å². The molecular weight excluding hydrogens is 322 g/mol. The molecule has 0 saturated heterocycles. The van der Waals surface area contributed by atoms with Gasteiger partial charge in [-0.3, -0.25) is 9.59 Å². The first-order chi connectivity index (χ1) is 12.1. The Kier molecular flexibility index (Phi) is 5.79. The minimum absolute atomic E-state index is 0.309. The number of rotatable bonds is 6. The number of carbonyl (C=O) groups excluding carboxylic acids is 2. The average Bonchev–Trinajstić information content (AvgIpc) is 3.13. The second-order valence-electron chi connectivity index (χ2n) is 6.67. The zero-order valence-electron chi connectivity index (χ0n) is 14.6. The molecule has 1 aromatic carbocycles. The Balaban J connectivity index is 1.46. The van der Waals surface area contributed by atoms with E-state index in [4.69, 9.17) is 14.2 Å². The number of esters is 1. The normalized spacial score (nSPS) is 17.8. The van der Waals surface area contributed by atoms with Gasteiger partial charge in [-0.1, -0.05) is 25.7 Å². The van der Waals surface area contributed by atoms with Gasteiger partial charge in [0.1, 0.15) is 13.2 Å². The molecule has 1 aromatic rings. The van der Waals surface area contributed by atoms with E-state index in [1.807, 2.05) is 0 Å². The van der Waals surface area contributed by atoms with Crippen molar-refractivity contribution in [3.05, 3.63) is 18.2 Å². The number of ether oxygens (including phenoxy) is 3. The van der Waals surface area contributed by atoms with Crippen LogP contribution in [-0.2, 0) is 14.3 Å². The van der Waals surface area contributed by atoms with Crippen molar-refractivity contribution in [2.45, 2.75) is 51.6 Å². The van der Waals surface area contributed by atoms with Crippen molar-refractivity contribution < 1.29 is 23.8 Å². The average molecular weight is 347 g/mol. The smallest absolute Gasteiger partial charge is 0.306 e. The van der Waals surface area contributed by atoms with E-state index < -0.39 is 6.10 Å². The number of hydrogen-bond donors (Lipinski definition) is 1. The van der Waals surface area contributed by atoms with Gasteiger partial charge in [0.05, 0.1) is 0 Å². The van der Waals surface area contributed by atoms with E-state index in [2.05, 4.69) is 5.32 Å². The Labute approximate surface area is 147 Å². The van der Waals surface area contributed by atoms with Crippen molar-refractivity contribution in [2.24, 2.45) is 5.92 Å². The van der Waals surface area contributed by atoms with Crippen molar-refractivity contribution in [1.82, 2.24) is 0 Å². The highest BCUT2D eigenvalue weighted by molar-refractivity contribution is 5.95. The Morgan fingerprint density at radius 2 is 1.92 bits per heavy atom. The number of benzene rings is 1. The number of nitrogens with one attached hydrogen (secondary N) is 1. The van der Waals surface area contributed by atoms with Gasteiger partial charge in [0.15, 0.2) is 17.6 Å². The van der Waals surface area contributed by atoms with E-state index in [0.29, 0.717) is 42.7 Å². The Bertz CT molecular complexity index is 624. The summed E-state index contributed by atoms with van der Waals surface area (Å²) in [5.74, 6) is 1.23. The third-order valence-electron chi connectivity index (χ3n) is 4.72. The van der Waals surface area contributed by atoms with E-state index >= 15 is 0 Å². The maximum atomic E-state index is 12.2. The van der Waals surface area contributed by atoms with Crippen LogP contribution in [0.2, 0.25) is 0 Å². The molecular formula is C19H25NO5. The van der Waals surface area contributed by atoms with Crippen LogP contribution in [0.4, 0.5) is 5.69 Å². The summed E-state index contributed by atoms with van der Waals surface area (Å²) in [5, 5.41) is 2.74. The summed E-state index contributed by atoms with van der Waals surface area (Å²) >= 11 is 0. The molecule has 1 amide bonds. The monoisotopic (exact) mass is 347 g/mol. The topological polar surface area (TPSA) is 73.9 Å². The summed E-state index contributed by atoms with van der Waals surface area (Å²) in [7, 11) is 0. The quantitative estimate of drug-likeness (QED) is 0.799. The SMILES string of the molecule is C[C@@H](OC(=O)CCC1CCCC1)C(=O)Nc1ccc2c(c1)OCCO2. The van der Waals surface area contributed by atoms with Crippen LogP contribution in [0.15, 0.2) is 18.2 Å². The highest BCUT2D eigenvalue weighted by Gasteiger charge is 2.21. The second kappa shape index (κ2) is 8.23. The molecule has 0 bridgehead atoms. The molecule has 0 radical (unpaired) electrons. The molecule has 6 nitrogen and oxygen atoms in total. The van der Waals surface area contributed by atoms with Gasteiger partial charge in [0, 0.05) is 18.2 Å². The van der Waals surface area contributed by atoms with Crippen LogP contribution in [-0.4, -0.2) is 31.2 Å². The molecule has 136 valence electrons. The minimum atomic E-state index is -0.829. The van der Waals surface area contributed by atoms with E-state index in [-0.39, 0.29) is 11.9 Å². The Morgan fingerprint density at radius 3 is 2.68 bits per heavy atom. The largest absolute Gasteiger partial charge is 0.486 e. The van der Waals surface area contributed by atoms with Gasteiger partial charge in [-0.15, -0.1) is 0 Å². The number of anilines is 1. The molecule has 0 unspecified atom stereocenters. The molecule has 1 aliphatic carbocycles. The predicted octanol–water partition coefficient (Wildman–Crippen LogP) is 3.30. The zero-order valence-corrected chi connectivity index (χ0v) is 14.6. The van der Waals surface area contributed by atoms with Crippen molar-refractivity contribution in [1.29, 1.82) is 0 Å². The van der Waals surface area contributed by atoms with Crippen molar-refractivity contribution in [3.63, 3.8) is 0 Å². The fourth-order valence-electron chi connectivity index (χ4n) is 3.30. The third-order valence-corrected chi connectivity index (χ3v) is 4.72. The van der Waals surface area contributed by atoms with Gasteiger partial charge in [-0.05, 0) is 31.4 Å². The highest BCUT2D eigenvalue weighted by Crippen LogP contribution is 2.32. The molecule has 6 heteroatoms. The van der Waals surface area contributed by atoms with Crippen LogP contribution in [0, 0.1) is 5.92 Å². The van der Waals surface area contributed by atoms with Gasteiger partial charge in [0.25, 0.3) is 5.91 Å². The van der Waals surface area contributed by atoms with Crippen LogP contribution in [0.3, 0.4) is 0 Å². The zero-order chi connectivity index (χ0) is 17.6. The van der Waals surface area contributed by atoms with Crippen LogP contribution in [0.25, 0.3) is 0 Å². The molecule has 2 aliphatic rings. The van der Waals surface area contributed by atoms with Gasteiger partial charge >= 0.3 is 5.97 Å². The van der Waals surface area contributed by atoms with E-state index in [1.54, 1.807) is 25.1 Å². The van der Waals surface area contributed by atoms with Crippen LogP contribution < -0.4 is 14.8 Å². The molecule has 1 heterocycles. The molecule has 1 N–H and O–H groups in total. The molecule has 1 fully saturated rings. The van der Waals surface area contributed by atoms with E-state index in [9.17, 15) is 9.59 Å². The van der Waals surface area contributed by atoms with Gasteiger partial charge in [-0.2, -0.15) is 0 Å². The molecule has 1 saturated carbocycles. The number of carbonyl (C=O) groups is 2. The lowest BCUT2D eigenvalue weighted by atomic mass is 10.0. The number of fused-ring (bicyclic) bond motifs is 1. The predicted molar refractivity (Wildman–Crippen MR) is 92.8 cm³/mol. The standard InChI is InChI=1S/C19H25NO5/c1-13(25-18(21)9-6-14-4-2-3-5-14)19(22)20-15-7-8-16-17(12-15)24-11-10-23-16/h7-8,12-14H,2-6,9-11H2,1H3,(H,20,22)/t13-/m1/s1. The first-order valence-corrected chi connectivity index (χ1v) is 9.02. The number of hydrogen-bond acceptors (Lipinski definition) is 5. The van der Waals surface area contributed by atoms with Crippen molar-refractivity contribution in [2.75, 3.05) is 18.5 Å². The maximum Gasteiger partial charge on any atom is 0.306 e. The Hall–Kier alpha value is -2.24. The van der Waals surface area contributed by atoms with Crippen LogP contribution in [0.1, 0.15) is 45.4 Å². The lowest BCUT2D eigenvalue weighted by Crippen LogP contribution is -2.30. The summed E-state index contributed by atoms with van der Waals surface area (Å²) in [5.41, 5.74) is 0.586. The second-order valence-corrected chi connectivity index (χ2v) is 6.67. The summed E-state index contributed by atoms with van der Waals surface area (Å²) < 4.78 is 16.2. The summed E-state index contributed by atoms with van der Waals surface area (Å²) in [4.78, 5) is 24.1. The fourth-order valence-corrected chi connectivity index (χ4v) is 3.30. The molecule has 3 rings (SSSR count). The van der Waals surface area contributed by atoms with Gasteiger partial charge in [-0.25, -0.2) is 0 Å². The van der Waals surface area contributed by atoms with Crippen molar-refractivity contribution in [3.8, 4) is 11.5 Å².